The minimum atomic E-state index is -0.122. The molecule has 0 radical (unpaired) electrons. The van der Waals surface area contributed by atoms with E-state index in [1.165, 1.54) is 13.3 Å². The quantitative estimate of drug-likeness (QED) is 0.715. The van der Waals surface area contributed by atoms with E-state index >= 15 is 0 Å². The molecule has 3 aromatic rings. The first-order valence-electron chi connectivity index (χ1n) is 8.16. The number of rotatable bonds is 6. The van der Waals surface area contributed by atoms with Crippen LogP contribution >= 0.6 is 0 Å². The summed E-state index contributed by atoms with van der Waals surface area (Å²) >= 11 is 0. The Bertz CT molecular complexity index is 871. The summed E-state index contributed by atoms with van der Waals surface area (Å²) in [5, 5.41) is 9.64. The summed E-state index contributed by atoms with van der Waals surface area (Å²) < 4.78 is 1.73. The van der Waals surface area contributed by atoms with Crippen LogP contribution in [0, 0.1) is 0 Å². The molecular weight excluding hydrogens is 330 g/mol. The molecule has 26 heavy (non-hydrogen) atoms. The van der Waals surface area contributed by atoms with Crippen LogP contribution in [0.25, 0.3) is 0 Å². The average molecular weight is 349 g/mol. The van der Waals surface area contributed by atoms with Gasteiger partial charge < -0.3 is 10.6 Å². The van der Waals surface area contributed by atoms with E-state index in [1.54, 1.807) is 23.1 Å². The number of carbonyl (C=O) groups is 2. The van der Waals surface area contributed by atoms with Crippen molar-refractivity contribution in [2.75, 3.05) is 10.6 Å². The van der Waals surface area contributed by atoms with Crippen molar-refractivity contribution in [3.8, 4) is 0 Å². The topological polar surface area (TPSA) is 88.9 Å². The molecule has 7 heteroatoms. The van der Waals surface area contributed by atoms with E-state index in [2.05, 4.69) is 20.7 Å². The summed E-state index contributed by atoms with van der Waals surface area (Å²) in [6, 6.07) is 14.8. The molecule has 2 N–H and O–H groups in total. The van der Waals surface area contributed by atoms with Gasteiger partial charge in [0, 0.05) is 18.3 Å². The van der Waals surface area contributed by atoms with Crippen molar-refractivity contribution >= 4 is 23.2 Å². The van der Waals surface area contributed by atoms with Crippen LogP contribution in [0.2, 0.25) is 0 Å². The lowest BCUT2D eigenvalue weighted by molar-refractivity contribution is -0.116. The van der Waals surface area contributed by atoms with Gasteiger partial charge in [-0.2, -0.15) is 5.10 Å². The summed E-state index contributed by atoms with van der Waals surface area (Å²) in [6.07, 6.45) is 3.42. The second-order valence-corrected chi connectivity index (χ2v) is 5.89. The molecule has 0 spiro atoms. The number of hydrogen-bond donors (Lipinski definition) is 2. The zero-order valence-electron chi connectivity index (χ0n) is 14.3. The van der Waals surface area contributed by atoms with Gasteiger partial charge in [-0.25, -0.2) is 9.67 Å². The van der Waals surface area contributed by atoms with Crippen molar-refractivity contribution < 1.29 is 9.59 Å². The zero-order valence-corrected chi connectivity index (χ0v) is 14.3. The molecule has 2 aromatic carbocycles. The number of hydrogen-bond acceptors (Lipinski definition) is 4. The third-order valence-corrected chi connectivity index (χ3v) is 3.69. The van der Waals surface area contributed by atoms with Gasteiger partial charge in [0.2, 0.25) is 11.8 Å². The van der Waals surface area contributed by atoms with Crippen LogP contribution in [0.1, 0.15) is 18.1 Å². The summed E-state index contributed by atoms with van der Waals surface area (Å²) in [6.45, 7) is 2.09. The van der Waals surface area contributed by atoms with Gasteiger partial charge in [0.1, 0.15) is 12.7 Å². The maximum atomic E-state index is 12.2. The predicted molar refractivity (Wildman–Crippen MR) is 98.6 cm³/mol. The molecule has 0 atom stereocenters. The molecule has 0 aliphatic heterocycles. The first-order chi connectivity index (χ1) is 12.6. The molecule has 2 amide bonds. The first kappa shape index (κ1) is 17.3. The third-order valence-electron chi connectivity index (χ3n) is 3.69. The number of aromatic nitrogens is 3. The second-order valence-electron chi connectivity index (χ2n) is 5.89. The fraction of sp³-hybridized carbons (Fsp3) is 0.158. The Labute approximate surface area is 151 Å². The van der Waals surface area contributed by atoms with Gasteiger partial charge in [-0.1, -0.05) is 24.3 Å². The molecule has 1 heterocycles. The molecule has 0 unspecified atom stereocenters. The third kappa shape index (κ3) is 5.01. The van der Waals surface area contributed by atoms with Crippen LogP contribution in [0.15, 0.2) is 61.2 Å². The van der Waals surface area contributed by atoms with Gasteiger partial charge in [0.15, 0.2) is 0 Å². The van der Waals surface area contributed by atoms with Crippen LogP contribution in [0.4, 0.5) is 11.4 Å². The highest BCUT2D eigenvalue weighted by atomic mass is 16.2. The number of anilines is 2. The Morgan fingerprint density at radius 2 is 1.54 bits per heavy atom. The number of nitrogens with one attached hydrogen (secondary N) is 2. The Morgan fingerprint density at radius 3 is 2.12 bits per heavy atom. The summed E-state index contributed by atoms with van der Waals surface area (Å²) in [5.41, 5.74) is 3.40. The van der Waals surface area contributed by atoms with Crippen molar-refractivity contribution in [1.29, 1.82) is 0 Å². The highest BCUT2D eigenvalue weighted by Gasteiger charge is 2.05. The zero-order chi connectivity index (χ0) is 18.4. The standard InChI is InChI=1S/C19H19N5O2/c1-14(25)22-17-6-2-15(3-7-17)10-19(26)23-18-8-4-16(5-9-18)11-24-13-20-12-21-24/h2-9,12-13H,10-11H2,1H3,(H,22,25)(H,23,26). The van der Waals surface area contributed by atoms with Gasteiger partial charge in [0.05, 0.1) is 13.0 Å². The number of amides is 2. The normalized spacial score (nSPS) is 10.3. The lowest BCUT2D eigenvalue weighted by atomic mass is 10.1. The van der Waals surface area contributed by atoms with Crippen LogP contribution in [-0.2, 0) is 22.6 Å². The average Bonchev–Trinajstić information content (AvgIpc) is 3.11. The molecule has 0 fully saturated rings. The SMILES string of the molecule is CC(=O)Nc1ccc(CC(=O)Nc2ccc(Cn3cncn3)cc2)cc1. The van der Waals surface area contributed by atoms with Gasteiger partial charge in [-0.15, -0.1) is 0 Å². The Balaban J connectivity index is 1.53. The monoisotopic (exact) mass is 349 g/mol. The Hall–Kier alpha value is -3.48. The van der Waals surface area contributed by atoms with Crippen molar-refractivity contribution in [3.05, 3.63) is 72.3 Å². The molecule has 0 bridgehead atoms. The summed E-state index contributed by atoms with van der Waals surface area (Å²) in [4.78, 5) is 27.1. The Morgan fingerprint density at radius 1 is 0.923 bits per heavy atom. The van der Waals surface area contributed by atoms with Crippen molar-refractivity contribution in [2.45, 2.75) is 19.9 Å². The molecule has 0 saturated carbocycles. The fourth-order valence-corrected chi connectivity index (χ4v) is 2.49. The van der Waals surface area contributed by atoms with Crippen molar-refractivity contribution in [1.82, 2.24) is 14.8 Å². The van der Waals surface area contributed by atoms with E-state index in [0.717, 1.165) is 16.8 Å². The molecular formula is C19H19N5O2. The maximum absolute atomic E-state index is 12.2. The minimum absolute atomic E-state index is 0.0960. The van der Waals surface area contributed by atoms with Crippen molar-refractivity contribution in [2.24, 2.45) is 0 Å². The minimum Gasteiger partial charge on any atom is -0.326 e. The molecule has 0 aliphatic rings. The van der Waals surface area contributed by atoms with Crippen LogP contribution in [0.5, 0.6) is 0 Å². The largest absolute Gasteiger partial charge is 0.326 e. The van der Waals surface area contributed by atoms with Gasteiger partial charge >= 0.3 is 0 Å². The van der Waals surface area contributed by atoms with E-state index in [9.17, 15) is 9.59 Å². The highest BCUT2D eigenvalue weighted by molar-refractivity contribution is 5.92. The van der Waals surface area contributed by atoms with Gasteiger partial charge in [-0.05, 0) is 35.4 Å². The van der Waals surface area contributed by atoms with Crippen LogP contribution < -0.4 is 10.6 Å². The lowest BCUT2D eigenvalue weighted by Gasteiger charge is -2.08. The number of benzene rings is 2. The maximum Gasteiger partial charge on any atom is 0.228 e. The molecule has 0 aliphatic carbocycles. The van der Waals surface area contributed by atoms with E-state index < -0.39 is 0 Å². The molecule has 1 aromatic heterocycles. The predicted octanol–water partition coefficient (Wildman–Crippen LogP) is 2.47. The molecule has 7 nitrogen and oxygen atoms in total. The Kier molecular flexibility index (Phi) is 5.38. The van der Waals surface area contributed by atoms with E-state index in [0.29, 0.717) is 12.2 Å². The molecule has 0 saturated heterocycles. The van der Waals surface area contributed by atoms with Gasteiger partial charge in [-0.3, -0.25) is 9.59 Å². The highest BCUT2D eigenvalue weighted by Crippen LogP contribution is 2.13. The van der Waals surface area contributed by atoms with E-state index in [4.69, 9.17) is 0 Å². The van der Waals surface area contributed by atoms with Crippen molar-refractivity contribution in [3.63, 3.8) is 0 Å². The molecule has 132 valence electrons. The van der Waals surface area contributed by atoms with E-state index in [1.807, 2.05) is 36.4 Å². The second kappa shape index (κ2) is 8.06. The van der Waals surface area contributed by atoms with Crippen LogP contribution in [-0.4, -0.2) is 26.6 Å². The smallest absolute Gasteiger partial charge is 0.228 e. The van der Waals surface area contributed by atoms with Crippen LogP contribution in [0.3, 0.4) is 0 Å². The number of nitrogens with zero attached hydrogens (tertiary/aromatic N) is 3. The first-order valence-corrected chi connectivity index (χ1v) is 8.16. The molecule has 3 rings (SSSR count). The number of carbonyl (C=O) groups excluding carboxylic acids is 2. The van der Waals surface area contributed by atoms with Gasteiger partial charge in [0.25, 0.3) is 0 Å². The summed E-state index contributed by atoms with van der Waals surface area (Å²) in [7, 11) is 0. The fourth-order valence-electron chi connectivity index (χ4n) is 2.49. The summed E-state index contributed by atoms with van der Waals surface area (Å²) in [5.74, 6) is -0.218. The van der Waals surface area contributed by atoms with E-state index in [-0.39, 0.29) is 18.2 Å². The lowest BCUT2D eigenvalue weighted by Crippen LogP contribution is -2.14.